The van der Waals surface area contributed by atoms with Crippen molar-refractivity contribution in [1.29, 1.82) is 0 Å². The van der Waals surface area contributed by atoms with Gasteiger partial charge in [-0.1, -0.05) is 19.8 Å². The fraction of sp³-hybridized carbons (Fsp3) is 1.00. The molecule has 2 rings (SSSR count). The lowest BCUT2D eigenvalue weighted by molar-refractivity contribution is 0.0232. The van der Waals surface area contributed by atoms with Crippen LogP contribution in [0.1, 0.15) is 39.0 Å². The van der Waals surface area contributed by atoms with E-state index in [0.717, 1.165) is 12.5 Å². The highest BCUT2D eigenvalue weighted by molar-refractivity contribution is 4.80. The fourth-order valence-corrected chi connectivity index (χ4v) is 2.84. The Morgan fingerprint density at radius 1 is 1.21 bits per heavy atom. The summed E-state index contributed by atoms with van der Waals surface area (Å²) in [6, 6.07) is 0. The van der Waals surface area contributed by atoms with Gasteiger partial charge in [-0.2, -0.15) is 0 Å². The second kappa shape index (κ2) is 4.63. The van der Waals surface area contributed by atoms with Gasteiger partial charge in [0.15, 0.2) is 0 Å². The third-order valence-electron chi connectivity index (χ3n) is 3.99. The van der Waals surface area contributed by atoms with Crippen molar-refractivity contribution in [3.05, 3.63) is 0 Å². The van der Waals surface area contributed by atoms with Crippen molar-refractivity contribution in [3.63, 3.8) is 0 Å². The predicted octanol–water partition coefficient (Wildman–Crippen LogP) is 1.88. The van der Waals surface area contributed by atoms with Crippen LogP contribution in [0.5, 0.6) is 0 Å². The molecule has 2 atom stereocenters. The number of likely N-dealkylation sites (tertiary alicyclic amines) is 1. The highest BCUT2D eigenvalue weighted by Crippen LogP contribution is 2.27. The third kappa shape index (κ3) is 2.48. The molecule has 2 heteroatoms. The van der Waals surface area contributed by atoms with Gasteiger partial charge in [-0.25, -0.2) is 0 Å². The van der Waals surface area contributed by atoms with E-state index in [0.29, 0.717) is 5.92 Å². The highest BCUT2D eigenvalue weighted by atomic mass is 16.3. The first kappa shape index (κ1) is 10.4. The molecule has 0 amide bonds. The van der Waals surface area contributed by atoms with E-state index >= 15 is 0 Å². The van der Waals surface area contributed by atoms with Gasteiger partial charge in [-0.05, 0) is 37.6 Å². The van der Waals surface area contributed by atoms with Crippen LogP contribution in [-0.2, 0) is 0 Å². The van der Waals surface area contributed by atoms with E-state index in [1.807, 2.05) is 0 Å². The molecule has 1 heterocycles. The lowest BCUT2D eigenvalue weighted by Gasteiger charge is -2.35. The quantitative estimate of drug-likeness (QED) is 0.730. The maximum absolute atomic E-state index is 9.78. The van der Waals surface area contributed by atoms with Gasteiger partial charge in [0.05, 0.1) is 6.10 Å². The molecular formula is C12H23NO. The summed E-state index contributed by atoms with van der Waals surface area (Å²) in [6.07, 6.45) is 6.79. The van der Waals surface area contributed by atoms with Gasteiger partial charge in [-0.15, -0.1) is 0 Å². The molecule has 0 radical (unpaired) electrons. The Balaban J connectivity index is 1.75. The first-order valence-corrected chi connectivity index (χ1v) is 6.16. The molecule has 0 aromatic heterocycles. The maximum atomic E-state index is 9.78. The molecule has 0 aromatic rings. The van der Waals surface area contributed by atoms with Crippen molar-refractivity contribution in [2.45, 2.75) is 45.1 Å². The first-order valence-electron chi connectivity index (χ1n) is 6.16. The Hall–Kier alpha value is -0.0800. The van der Waals surface area contributed by atoms with Crippen LogP contribution in [0, 0.1) is 11.8 Å². The van der Waals surface area contributed by atoms with Crippen LogP contribution in [0.3, 0.4) is 0 Å². The normalized spacial score (nSPS) is 36.4. The Kier molecular flexibility index (Phi) is 3.45. The molecule has 1 saturated heterocycles. The summed E-state index contributed by atoms with van der Waals surface area (Å²) in [5.74, 6) is 1.44. The number of hydrogen-bond donors (Lipinski definition) is 1. The summed E-state index contributed by atoms with van der Waals surface area (Å²) in [7, 11) is 0. The standard InChI is InChI=1S/C12H23NO/c1-10-6-7-13(9-12(10)14)8-11-4-2-3-5-11/h10-12,14H,2-9H2,1H3. The number of β-amino-alcohol motifs (C(OH)–C–C–N with tert-alkyl or cyclic N) is 1. The average Bonchev–Trinajstić information content (AvgIpc) is 2.64. The molecular weight excluding hydrogens is 174 g/mol. The van der Waals surface area contributed by atoms with E-state index in [4.69, 9.17) is 0 Å². The van der Waals surface area contributed by atoms with Gasteiger partial charge in [0.25, 0.3) is 0 Å². The van der Waals surface area contributed by atoms with Crippen molar-refractivity contribution >= 4 is 0 Å². The van der Waals surface area contributed by atoms with Crippen LogP contribution < -0.4 is 0 Å². The molecule has 1 aliphatic heterocycles. The smallest absolute Gasteiger partial charge is 0.0693 e. The fourth-order valence-electron chi connectivity index (χ4n) is 2.84. The van der Waals surface area contributed by atoms with E-state index < -0.39 is 0 Å². The molecule has 14 heavy (non-hydrogen) atoms. The van der Waals surface area contributed by atoms with E-state index in [9.17, 15) is 5.11 Å². The zero-order valence-corrected chi connectivity index (χ0v) is 9.28. The minimum absolute atomic E-state index is 0.0786. The second-order valence-electron chi connectivity index (χ2n) is 5.24. The Morgan fingerprint density at radius 2 is 1.93 bits per heavy atom. The van der Waals surface area contributed by atoms with E-state index in [1.54, 1.807) is 0 Å². The minimum Gasteiger partial charge on any atom is -0.392 e. The van der Waals surface area contributed by atoms with Gasteiger partial charge >= 0.3 is 0 Å². The van der Waals surface area contributed by atoms with Crippen molar-refractivity contribution in [3.8, 4) is 0 Å². The van der Waals surface area contributed by atoms with Crippen LogP contribution in [-0.4, -0.2) is 35.7 Å². The van der Waals surface area contributed by atoms with Gasteiger partial charge < -0.3 is 10.0 Å². The molecule has 2 nitrogen and oxygen atoms in total. The van der Waals surface area contributed by atoms with Crippen molar-refractivity contribution < 1.29 is 5.11 Å². The Morgan fingerprint density at radius 3 is 2.57 bits per heavy atom. The predicted molar refractivity (Wildman–Crippen MR) is 58.2 cm³/mol. The lowest BCUT2D eigenvalue weighted by atomic mass is 9.95. The second-order valence-corrected chi connectivity index (χ2v) is 5.24. The highest BCUT2D eigenvalue weighted by Gasteiger charge is 2.26. The van der Waals surface area contributed by atoms with Crippen molar-refractivity contribution in [1.82, 2.24) is 4.90 Å². The minimum atomic E-state index is -0.0786. The summed E-state index contributed by atoms with van der Waals surface area (Å²) < 4.78 is 0. The van der Waals surface area contributed by atoms with E-state index in [1.165, 1.54) is 45.2 Å². The molecule has 0 spiro atoms. The molecule has 82 valence electrons. The summed E-state index contributed by atoms with van der Waals surface area (Å²) in [5, 5.41) is 9.78. The van der Waals surface area contributed by atoms with Crippen LogP contribution >= 0.6 is 0 Å². The largest absolute Gasteiger partial charge is 0.392 e. The molecule has 1 N–H and O–H groups in total. The summed E-state index contributed by atoms with van der Waals surface area (Å²) in [5.41, 5.74) is 0. The number of hydrogen-bond acceptors (Lipinski definition) is 2. The zero-order valence-electron chi connectivity index (χ0n) is 9.28. The number of aliphatic hydroxyl groups is 1. The number of nitrogens with zero attached hydrogens (tertiary/aromatic N) is 1. The zero-order chi connectivity index (χ0) is 9.97. The summed E-state index contributed by atoms with van der Waals surface area (Å²) in [6.45, 7) is 5.52. The molecule has 1 aliphatic carbocycles. The molecule has 2 aliphatic rings. The van der Waals surface area contributed by atoms with Gasteiger partial charge in [0, 0.05) is 13.1 Å². The molecule has 0 aromatic carbocycles. The average molecular weight is 197 g/mol. The molecule has 1 saturated carbocycles. The molecule has 2 unspecified atom stereocenters. The number of aliphatic hydroxyl groups excluding tert-OH is 1. The third-order valence-corrected chi connectivity index (χ3v) is 3.99. The van der Waals surface area contributed by atoms with Crippen LogP contribution in [0.4, 0.5) is 0 Å². The van der Waals surface area contributed by atoms with Crippen LogP contribution in [0.25, 0.3) is 0 Å². The van der Waals surface area contributed by atoms with E-state index in [2.05, 4.69) is 11.8 Å². The maximum Gasteiger partial charge on any atom is 0.0693 e. The Bertz CT molecular complexity index is 177. The number of piperidine rings is 1. The summed E-state index contributed by atoms with van der Waals surface area (Å²) in [4.78, 5) is 2.47. The van der Waals surface area contributed by atoms with Crippen molar-refractivity contribution in [2.24, 2.45) is 11.8 Å². The topological polar surface area (TPSA) is 23.5 Å². The van der Waals surface area contributed by atoms with Crippen LogP contribution in [0.15, 0.2) is 0 Å². The summed E-state index contributed by atoms with van der Waals surface area (Å²) >= 11 is 0. The van der Waals surface area contributed by atoms with Gasteiger partial charge in [-0.3, -0.25) is 0 Å². The number of rotatable bonds is 2. The SMILES string of the molecule is CC1CCN(CC2CCCC2)CC1O. The molecule has 2 fully saturated rings. The van der Waals surface area contributed by atoms with Gasteiger partial charge in [0.2, 0.25) is 0 Å². The first-order chi connectivity index (χ1) is 6.75. The monoisotopic (exact) mass is 197 g/mol. The van der Waals surface area contributed by atoms with E-state index in [-0.39, 0.29) is 6.10 Å². The lowest BCUT2D eigenvalue weighted by Crippen LogP contribution is -2.44. The van der Waals surface area contributed by atoms with Gasteiger partial charge in [0.1, 0.15) is 0 Å². The van der Waals surface area contributed by atoms with Crippen molar-refractivity contribution in [2.75, 3.05) is 19.6 Å². The Labute approximate surface area is 87.3 Å². The molecule has 0 bridgehead atoms. The van der Waals surface area contributed by atoms with Crippen LogP contribution in [0.2, 0.25) is 0 Å².